The Labute approximate surface area is 179 Å². The minimum Gasteiger partial charge on any atom is -0.493 e. The van der Waals surface area contributed by atoms with E-state index in [0.29, 0.717) is 44.2 Å². The molecule has 0 aromatic heterocycles. The van der Waals surface area contributed by atoms with E-state index in [2.05, 4.69) is 4.90 Å². The number of likely N-dealkylation sites (tertiary alicyclic amines) is 1. The predicted molar refractivity (Wildman–Crippen MR) is 113 cm³/mol. The normalized spacial score (nSPS) is 21.0. The summed E-state index contributed by atoms with van der Waals surface area (Å²) in [6, 6.07) is 11.6. The molecule has 0 saturated carbocycles. The Morgan fingerprint density at radius 3 is 2.71 bits per heavy atom. The molecule has 164 valence electrons. The highest BCUT2D eigenvalue weighted by Crippen LogP contribution is 2.40. The molecule has 1 atom stereocenters. The number of nitrogens with zero attached hydrogens (tertiary/aromatic N) is 1. The Kier molecular flexibility index (Phi) is 5.96. The van der Waals surface area contributed by atoms with Gasteiger partial charge in [-0.25, -0.2) is 8.78 Å². The van der Waals surface area contributed by atoms with Crippen LogP contribution in [-0.4, -0.2) is 54.5 Å². The highest BCUT2D eigenvalue weighted by atomic mass is 19.1. The van der Waals surface area contributed by atoms with Crippen LogP contribution < -0.4 is 9.47 Å². The number of carboxylic acids is 1. The monoisotopic (exact) mass is 429 g/mol. The van der Waals surface area contributed by atoms with Crippen LogP contribution in [0.5, 0.6) is 11.5 Å². The molecule has 0 bridgehead atoms. The molecule has 0 radical (unpaired) electrons. The molecule has 4 rings (SSSR count). The van der Waals surface area contributed by atoms with Crippen molar-refractivity contribution in [3.8, 4) is 11.5 Å². The van der Waals surface area contributed by atoms with Crippen molar-refractivity contribution in [2.45, 2.75) is 25.4 Å². The van der Waals surface area contributed by atoms with E-state index >= 15 is 0 Å². The zero-order valence-electron chi connectivity index (χ0n) is 17.4. The van der Waals surface area contributed by atoms with Crippen LogP contribution in [0.3, 0.4) is 0 Å². The molecule has 5 nitrogen and oxygen atoms in total. The number of hydrogen-bond acceptors (Lipinski definition) is 4. The van der Waals surface area contributed by atoms with Gasteiger partial charge in [0.25, 0.3) is 0 Å². The number of benzene rings is 2. The van der Waals surface area contributed by atoms with Gasteiger partial charge in [0.1, 0.15) is 29.6 Å². The summed E-state index contributed by atoms with van der Waals surface area (Å²) in [5.74, 6) is -0.0509. The van der Waals surface area contributed by atoms with Gasteiger partial charge in [-0.2, -0.15) is 0 Å². The summed E-state index contributed by atoms with van der Waals surface area (Å²) < 4.78 is 39.5. The molecular weight excluding hydrogens is 404 g/mol. The second kappa shape index (κ2) is 8.67. The van der Waals surface area contributed by atoms with E-state index in [1.165, 1.54) is 12.1 Å². The summed E-state index contributed by atoms with van der Waals surface area (Å²) in [5, 5.41) is 8.83. The fraction of sp³-hybridized carbons (Fsp3) is 0.375. The molecule has 0 amide bonds. The molecule has 2 aliphatic heterocycles. The summed E-state index contributed by atoms with van der Waals surface area (Å²) in [4.78, 5) is 12.8. The Bertz CT molecular complexity index is 1000. The van der Waals surface area contributed by atoms with Crippen molar-refractivity contribution in [2.24, 2.45) is 0 Å². The molecule has 0 spiro atoms. The highest BCUT2D eigenvalue weighted by molar-refractivity contribution is 5.87. The van der Waals surface area contributed by atoms with Gasteiger partial charge >= 0.3 is 5.97 Å². The summed E-state index contributed by atoms with van der Waals surface area (Å²) in [6.07, 6.45) is 0.390. The van der Waals surface area contributed by atoms with E-state index in [1.807, 2.05) is 6.07 Å². The third-order valence-corrected chi connectivity index (χ3v) is 5.61. The summed E-state index contributed by atoms with van der Waals surface area (Å²) in [6.45, 7) is 3.61. The fourth-order valence-corrected chi connectivity index (χ4v) is 4.13. The molecule has 1 fully saturated rings. The van der Waals surface area contributed by atoms with E-state index in [4.69, 9.17) is 14.6 Å². The number of rotatable bonds is 7. The van der Waals surface area contributed by atoms with Crippen LogP contribution >= 0.6 is 0 Å². The maximum absolute atomic E-state index is 14.4. The van der Waals surface area contributed by atoms with Crippen LogP contribution in [0.2, 0.25) is 0 Å². The Morgan fingerprint density at radius 1 is 1.26 bits per heavy atom. The minimum atomic E-state index is -1.20. The Hall–Kier alpha value is -2.93. The lowest BCUT2D eigenvalue weighted by Gasteiger charge is -2.28. The van der Waals surface area contributed by atoms with Crippen molar-refractivity contribution >= 4 is 11.5 Å². The third-order valence-electron chi connectivity index (χ3n) is 5.61. The molecule has 31 heavy (non-hydrogen) atoms. The number of aliphatic carboxylic acids is 1. The average Bonchev–Trinajstić information content (AvgIpc) is 3.06. The van der Waals surface area contributed by atoms with Crippen molar-refractivity contribution in [3.05, 3.63) is 65.0 Å². The lowest BCUT2D eigenvalue weighted by Crippen LogP contribution is -2.30. The molecule has 0 aliphatic carbocycles. The van der Waals surface area contributed by atoms with E-state index in [-0.39, 0.29) is 18.8 Å². The summed E-state index contributed by atoms with van der Waals surface area (Å²) >= 11 is 0. The number of halogens is 2. The fourth-order valence-electron chi connectivity index (χ4n) is 4.13. The average molecular weight is 429 g/mol. The first-order chi connectivity index (χ1) is 14.8. The van der Waals surface area contributed by atoms with Gasteiger partial charge in [-0.15, -0.1) is 0 Å². The maximum atomic E-state index is 14.4. The smallest absolute Gasteiger partial charge is 0.306 e. The quantitative estimate of drug-likeness (QED) is 0.711. The van der Waals surface area contributed by atoms with Crippen LogP contribution in [-0.2, 0) is 4.79 Å². The second-order valence-electron chi connectivity index (χ2n) is 8.30. The second-order valence-corrected chi connectivity index (χ2v) is 8.30. The first kappa shape index (κ1) is 21.3. The largest absolute Gasteiger partial charge is 0.493 e. The van der Waals surface area contributed by atoms with E-state index in [1.54, 1.807) is 31.2 Å². The van der Waals surface area contributed by atoms with Gasteiger partial charge in [0.15, 0.2) is 0 Å². The van der Waals surface area contributed by atoms with E-state index in [9.17, 15) is 13.6 Å². The van der Waals surface area contributed by atoms with Crippen LogP contribution in [0.1, 0.15) is 30.9 Å². The van der Waals surface area contributed by atoms with Crippen molar-refractivity contribution < 1.29 is 28.2 Å². The standard InChI is InChI=1S/C24H25F2NO4/c1-24(26)9-10-27(15-24)13-17-14-31-21-7-6-19(30-11-8-22(28)29)12-20(21)23(17)16-2-4-18(25)5-3-16/h2-7,12H,8-11,13-15H2,1H3,(H,28,29). The summed E-state index contributed by atoms with van der Waals surface area (Å²) in [5.41, 5.74) is 2.33. The van der Waals surface area contributed by atoms with Gasteiger partial charge in [-0.3, -0.25) is 9.69 Å². The highest BCUT2D eigenvalue weighted by Gasteiger charge is 2.34. The Balaban J connectivity index is 1.70. The number of hydrogen-bond donors (Lipinski definition) is 1. The first-order valence-corrected chi connectivity index (χ1v) is 10.3. The van der Waals surface area contributed by atoms with Crippen molar-refractivity contribution in [1.29, 1.82) is 0 Å². The minimum absolute atomic E-state index is 0.0558. The molecular formula is C24H25F2NO4. The molecule has 2 aliphatic rings. The molecule has 2 heterocycles. The molecule has 1 N–H and O–H groups in total. The molecule has 2 aromatic carbocycles. The van der Waals surface area contributed by atoms with E-state index < -0.39 is 11.6 Å². The van der Waals surface area contributed by atoms with E-state index in [0.717, 1.165) is 22.3 Å². The zero-order valence-corrected chi connectivity index (χ0v) is 17.4. The number of alkyl halides is 1. The number of ether oxygens (including phenoxy) is 2. The number of carboxylic acid groups (broad SMARTS) is 1. The molecule has 7 heteroatoms. The lowest BCUT2D eigenvalue weighted by atomic mass is 9.90. The van der Waals surface area contributed by atoms with Gasteiger partial charge in [-0.1, -0.05) is 12.1 Å². The van der Waals surface area contributed by atoms with Gasteiger partial charge in [0.2, 0.25) is 0 Å². The number of carbonyl (C=O) groups is 1. The van der Waals surface area contributed by atoms with Crippen molar-refractivity contribution in [2.75, 3.05) is 32.8 Å². The molecule has 1 unspecified atom stereocenters. The Morgan fingerprint density at radius 2 is 2.03 bits per heavy atom. The van der Waals surface area contributed by atoms with Crippen molar-refractivity contribution in [1.82, 2.24) is 4.90 Å². The van der Waals surface area contributed by atoms with Crippen LogP contribution in [0.4, 0.5) is 8.78 Å². The first-order valence-electron chi connectivity index (χ1n) is 10.3. The molecule has 2 aromatic rings. The van der Waals surface area contributed by atoms with Crippen LogP contribution in [0, 0.1) is 5.82 Å². The van der Waals surface area contributed by atoms with Gasteiger partial charge < -0.3 is 14.6 Å². The maximum Gasteiger partial charge on any atom is 0.306 e. The lowest BCUT2D eigenvalue weighted by molar-refractivity contribution is -0.137. The SMILES string of the molecule is CC1(F)CCN(CC2=C(c3ccc(F)cc3)c3cc(OCCC(=O)O)ccc3OC2)C1. The topological polar surface area (TPSA) is 59.0 Å². The number of fused-ring (bicyclic) bond motifs is 1. The zero-order chi connectivity index (χ0) is 22.0. The third kappa shape index (κ3) is 5.05. The van der Waals surface area contributed by atoms with Crippen molar-refractivity contribution in [3.63, 3.8) is 0 Å². The summed E-state index contributed by atoms with van der Waals surface area (Å²) in [7, 11) is 0. The predicted octanol–water partition coefficient (Wildman–Crippen LogP) is 4.31. The molecule has 1 saturated heterocycles. The van der Waals surface area contributed by atoms with Crippen LogP contribution in [0.25, 0.3) is 5.57 Å². The van der Waals surface area contributed by atoms with Crippen LogP contribution in [0.15, 0.2) is 48.0 Å². The van der Waals surface area contributed by atoms with Gasteiger partial charge in [0.05, 0.1) is 13.0 Å². The van der Waals surface area contributed by atoms with Gasteiger partial charge in [-0.05, 0) is 60.4 Å². The van der Waals surface area contributed by atoms with Gasteiger partial charge in [0, 0.05) is 25.2 Å².